The lowest BCUT2D eigenvalue weighted by molar-refractivity contribution is -0.137. The number of carbonyl (C=O) groups is 3. The molecule has 1 aliphatic heterocycles. The molecule has 6 heteroatoms. The van der Waals surface area contributed by atoms with Crippen molar-refractivity contribution < 1.29 is 19.1 Å². The van der Waals surface area contributed by atoms with E-state index in [0.717, 1.165) is 27.5 Å². The zero-order chi connectivity index (χ0) is 25.8. The second-order valence-corrected chi connectivity index (χ2v) is 10.5. The normalized spacial score (nSPS) is 12.9. The molecule has 0 saturated heterocycles. The van der Waals surface area contributed by atoms with Crippen LogP contribution in [0.15, 0.2) is 47.9 Å². The Morgan fingerprint density at radius 2 is 1.56 bits per heavy atom. The van der Waals surface area contributed by atoms with Crippen LogP contribution in [0, 0.1) is 0 Å². The van der Waals surface area contributed by atoms with Gasteiger partial charge in [-0.3, -0.25) is 14.5 Å². The second kappa shape index (κ2) is 14.8. The van der Waals surface area contributed by atoms with Gasteiger partial charge in [0.05, 0.1) is 6.61 Å². The van der Waals surface area contributed by atoms with E-state index >= 15 is 0 Å². The fourth-order valence-corrected chi connectivity index (χ4v) is 5.71. The van der Waals surface area contributed by atoms with Gasteiger partial charge in [0.1, 0.15) is 0 Å². The first kappa shape index (κ1) is 28.0. The van der Waals surface area contributed by atoms with Gasteiger partial charge >= 0.3 is 5.97 Å². The van der Waals surface area contributed by atoms with Crippen LogP contribution in [-0.4, -0.2) is 41.6 Å². The molecule has 2 aromatic rings. The number of thioether (sulfide) groups is 1. The van der Waals surface area contributed by atoms with Crippen molar-refractivity contribution in [1.29, 1.82) is 0 Å². The summed E-state index contributed by atoms with van der Waals surface area (Å²) in [5.41, 5.74) is 1.18. The van der Waals surface area contributed by atoms with Crippen LogP contribution in [0.25, 0.3) is 10.8 Å². The molecular weight excluding hydrogens is 470 g/mol. The molecule has 0 aliphatic carbocycles. The number of hydrogen-bond donors (Lipinski definition) is 0. The number of ether oxygens (including phenoxy) is 1. The van der Waals surface area contributed by atoms with E-state index in [-0.39, 0.29) is 18.4 Å². The Morgan fingerprint density at radius 1 is 0.889 bits per heavy atom. The molecule has 0 spiro atoms. The Hall–Kier alpha value is -2.60. The van der Waals surface area contributed by atoms with Crippen LogP contribution >= 0.6 is 11.8 Å². The molecule has 1 heterocycles. The summed E-state index contributed by atoms with van der Waals surface area (Å²) in [6, 6.07) is 9.64. The van der Waals surface area contributed by atoms with Crippen molar-refractivity contribution in [2.45, 2.75) is 82.4 Å². The highest BCUT2D eigenvalue weighted by Gasteiger charge is 2.32. The standard InChI is InChI=1S/C30H39NO4S/c1-3-5-6-7-8-9-10-11-14-22-36-26-19-18-25-28-23(26)16-15-17-24(28)29(33)31(30(25)34)20-12-13-21-35-27(32)4-2/h4,15-19H,2-3,5-14,20-22H2,1H3. The van der Waals surface area contributed by atoms with Crippen LogP contribution in [0.4, 0.5) is 0 Å². The van der Waals surface area contributed by atoms with Gasteiger partial charge in [-0.05, 0) is 48.6 Å². The molecule has 2 aromatic carbocycles. The van der Waals surface area contributed by atoms with Crippen molar-refractivity contribution in [3.05, 3.63) is 54.1 Å². The maximum Gasteiger partial charge on any atom is 0.330 e. The predicted molar refractivity (Wildman–Crippen MR) is 148 cm³/mol. The first-order valence-electron chi connectivity index (χ1n) is 13.4. The van der Waals surface area contributed by atoms with Gasteiger partial charge in [0.15, 0.2) is 0 Å². The fraction of sp³-hybridized carbons (Fsp3) is 0.500. The Kier molecular flexibility index (Phi) is 11.5. The number of nitrogens with zero attached hydrogens (tertiary/aromatic N) is 1. The van der Waals surface area contributed by atoms with Crippen molar-refractivity contribution in [2.75, 3.05) is 18.9 Å². The van der Waals surface area contributed by atoms with Crippen molar-refractivity contribution in [2.24, 2.45) is 0 Å². The molecule has 0 unspecified atom stereocenters. The quantitative estimate of drug-likeness (QED) is 0.0723. The maximum absolute atomic E-state index is 13.2. The van der Waals surface area contributed by atoms with Gasteiger partial charge in [0.25, 0.3) is 11.8 Å². The van der Waals surface area contributed by atoms with Crippen molar-refractivity contribution in [3.63, 3.8) is 0 Å². The zero-order valence-corrected chi connectivity index (χ0v) is 22.4. The van der Waals surface area contributed by atoms with E-state index in [1.165, 1.54) is 62.7 Å². The van der Waals surface area contributed by atoms with Crippen LogP contribution in [0.2, 0.25) is 0 Å². The highest BCUT2D eigenvalue weighted by atomic mass is 32.2. The molecule has 36 heavy (non-hydrogen) atoms. The summed E-state index contributed by atoms with van der Waals surface area (Å²) in [5, 5.41) is 1.77. The summed E-state index contributed by atoms with van der Waals surface area (Å²) in [6.45, 7) is 6.16. The van der Waals surface area contributed by atoms with Crippen molar-refractivity contribution >= 4 is 40.3 Å². The molecule has 5 nitrogen and oxygen atoms in total. The van der Waals surface area contributed by atoms with Gasteiger partial charge < -0.3 is 4.74 Å². The van der Waals surface area contributed by atoms with E-state index in [4.69, 9.17) is 4.74 Å². The van der Waals surface area contributed by atoms with Crippen LogP contribution in [-0.2, 0) is 9.53 Å². The number of rotatable bonds is 17. The van der Waals surface area contributed by atoms with E-state index in [1.54, 1.807) is 0 Å². The number of esters is 1. The maximum atomic E-state index is 13.2. The minimum Gasteiger partial charge on any atom is -0.463 e. The summed E-state index contributed by atoms with van der Waals surface area (Å²) >= 11 is 1.82. The van der Waals surface area contributed by atoms with Gasteiger partial charge in [0, 0.05) is 34.0 Å². The number of carbonyl (C=O) groups excluding carboxylic acids is 3. The van der Waals surface area contributed by atoms with E-state index in [2.05, 4.69) is 13.5 Å². The van der Waals surface area contributed by atoms with Crippen molar-refractivity contribution in [3.8, 4) is 0 Å². The lowest BCUT2D eigenvalue weighted by Gasteiger charge is -2.27. The highest BCUT2D eigenvalue weighted by Crippen LogP contribution is 2.36. The number of imide groups is 1. The van der Waals surface area contributed by atoms with E-state index in [9.17, 15) is 14.4 Å². The molecule has 2 amide bonds. The lowest BCUT2D eigenvalue weighted by Crippen LogP contribution is -2.41. The molecular formula is C30H39NO4S. The topological polar surface area (TPSA) is 63.7 Å². The SMILES string of the molecule is C=CC(=O)OCCCCN1C(=O)c2cccc3c(SCCCCCCCCCCC)ccc(c23)C1=O. The monoisotopic (exact) mass is 509 g/mol. The smallest absolute Gasteiger partial charge is 0.330 e. The van der Waals surface area contributed by atoms with Gasteiger partial charge in [-0.2, -0.15) is 0 Å². The Balaban J connectivity index is 1.54. The van der Waals surface area contributed by atoms with Crippen LogP contribution in [0.1, 0.15) is 98.3 Å². The average Bonchev–Trinajstić information content (AvgIpc) is 2.89. The number of hydrogen-bond acceptors (Lipinski definition) is 5. The van der Waals surface area contributed by atoms with E-state index in [1.807, 2.05) is 42.1 Å². The summed E-state index contributed by atoms with van der Waals surface area (Å²) in [6.07, 6.45) is 14.1. The number of amides is 2. The molecule has 0 aromatic heterocycles. The van der Waals surface area contributed by atoms with Crippen LogP contribution in [0.5, 0.6) is 0 Å². The first-order valence-corrected chi connectivity index (χ1v) is 14.4. The molecule has 0 radical (unpaired) electrons. The molecule has 0 saturated carbocycles. The third-order valence-corrected chi connectivity index (χ3v) is 7.80. The summed E-state index contributed by atoms with van der Waals surface area (Å²) in [5.74, 6) is 0.0793. The second-order valence-electron chi connectivity index (χ2n) is 9.36. The first-order chi connectivity index (χ1) is 17.6. The molecule has 3 rings (SSSR count). The fourth-order valence-electron chi connectivity index (χ4n) is 4.65. The Morgan fingerprint density at radius 3 is 2.25 bits per heavy atom. The number of benzene rings is 2. The minimum absolute atomic E-state index is 0.243. The average molecular weight is 510 g/mol. The van der Waals surface area contributed by atoms with Gasteiger partial charge in [-0.25, -0.2) is 4.79 Å². The molecule has 194 valence electrons. The molecule has 0 atom stereocenters. The zero-order valence-electron chi connectivity index (χ0n) is 21.6. The molecule has 0 N–H and O–H groups in total. The lowest BCUT2D eigenvalue weighted by atomic mass is 9.94. The Labute approximate surface area is 219 Å². The molecule has 0 bridgehead atoms. The van der Waals surface area contributed by atoms with E-state index < -0.39 is 5.97 Å². The van der Waals surface area contributed by atoms with Crippen molar-refractivity contribution in [1.82, 2.24) is 4.90 Å². The summed E-state index contributed by atoms with van der Waals surface area (Å²) in [4.78, 5) is 40.0. The summed E-state index contributed by atoms with van der Waals surface area (Å²) < 4.78 is 4.98. The minimum atomic E-state index is -0.466. The van der Waals surface area contributed by atoms with Gasteiger partial charge in [-0.15, -0.1) is 11.8 Å². The Bertz CT molecular complexity index is 1040. The van der Waals surface area contributed by atoms with Gasteiger partial charge in [-0.1, -0.05) is 77.0 Å². The highest BCUT2D eigenvalue weighted by molar-refractivity contribution is 7.99. The van der Waals surface area contributed by atoms with Crippen LogP contribution < -0.4 is 0 Å². The largest absolute Gasteiger partial charge is 0.463 e. The third-order valence-electron chi connectivity index (χ3n) is 6.64. The molecule has 1 aliphatic rings. The van der Waals surface area contributed by atoms with E-state index in [0.29, 0.717) is 30.5 Å². The summed E-state index contributed by atoms with van der Waals surface area (Å²) in [7, 11) is 0. The molecule has 0 fully saturated rings. The number of unbranched alkanes of at least 4 members (excludes halogenated alkanes) is 9. The van der Waals surface area contributed by atoms with Crippen LogP contribution in [0.3, 0.4) is 0 Å². The van der Waals surface area contributed by atoms with Gasteiger partial charge in [0.2, 0.25) is 0 Å². The predicted octanol–water partition coefficient (Wildman–Crippen LogP) is 7.57. The third kappa shape index (κ3) is 7.45.